The molecule has 0 spiro atoms. The van der Waals surface area contributed by atoms with Crippen molar-refractivity contribution in [1.82, 2.24) is 0 Å². The predicted molar refractivity (Wildman–Crippen MR) is 93.7 cm³/mol. The van der Waals surface area contributed by atoms with Crippen LogP contribution in [-0.2, 0) is 6.42 Å². The quantitative estimate of drug-likeness (QED) is 0.563. The first-order valence-electron chi connectivity index (χ1n) is 9.49. The maximum absolute atomic E-state index is 2.28. The minimum absolute atomic E-state index is 1.01. The van der Waals surface area contributed by atoms with Crippen molar-refractivity contribution in [1.29, 1.82) is 0 Å². The monoisotopic (exact) mass is 286 g/mol. The Morgan fingerprint density at radius 1 is 0.667 bits per heavy atom. The van der Waals surface area contributed by atoms with Crippen LogP contribution in [0.1, 0.15) is 89.0 Å². The lowest BCUT2D eigenvalue weighted by molar-refractivity contribution is 0.366. The van der Waals surface area contributed by atoms with Gasteiger partial charge >= 0.3 is 0 Å². The molecule has 0 heterocycles. The molecule has 21 heavy (non-hydrogen) atoms. The van der Waals surface area contributed by atoms with Crippen LogP contribution < -0.4 is 0 Å². The molecule has 0 heteroatoms. The van der Waals surface area contributed by atoms with Crippen LogP contribution in [0.15, 0.2) is 30.3 Å². The zero-order valence-corrected chi connectivity index (χ0v) is 13.9. The molecule has 0 nitrogen and oxygen atoms in total. The Labute approximate surface area is 132 Å². The van der Waals surface area contributed by atoms with Gasteiger partial charge in [0, 0.05) is 0 Å². The molecule has 1 fully saturated rings. The number of hydrogen-bond donors (Lipinski definition) is 0. The fourth-order valence-corrected chi connectivity index (χ4v) is 3.78. The third-order valence-corrected chi connectivity index (χ3v) is 5.15. The van der Waals surface area contributed by atoms with Gasteiger partial charge in [0.25, 0.3) is 0 Å². The van der Waals surface area contributed by atoms with E-state index < -0.39 is 0 Å². The largest absolute Gasteiger partial charge is 0.0622 e. The fourth-order valence-electron chi connectivity index (χ4n) is 3.78. The number of hydrogen-bond acceptors (Lipinski definition) is 0. The van der Waals surface area contributed by atoms with Gasteiger partial charge in [-0.2, -0.15) is 0 Å². The van der Waals surface area contributed by atoms with Gasteiger partial charge in [-0.1, -0.05) is 107 Å². The lowest BCUT2D eigenvalue weighted by Gasteiger charge is -2.18. The highest BCUT2D eigenvalue weighted by molar-refractivity contribution is 5.14. The van der Waals surface area contributed by atoms with Crippen LogP contribution in [0.25, 0.3) is 0 Å². The summed E-state index contributed by atoms with van der Waals surface area (Å²) in [6.07, 6.45) is 20.5. The summed E-state index contributed by atoms with van der Waals surface area (Å²) in [4.78, 5) is 0. The standard InChI is InChI=1S/C21H34/c1-2-4-6-9-14-20(15-10-7-5-3-1)18-13-19-21-16-11-8-12-17-21/h8,11-12,16-17,20H,1-7,9-10,13-15,18-19H2. The van der Waals surface area contributed by atoms with E-state index in [4.69, 9.17) is 0 Å². The van der Waals surface area contributed by atoms with E-state index in [1.165, 1.54) is 95.5 Å². The van der Waals surface area contributed by atoms with Gasteiger partial charge in [0.2, 0.25) is 0 Å². The summed E-state index contributed by atoms with van der Waals surface area (Å²) >= 11 is 0. The summed E-state index contributed by atoms with van der Waals surface area (Å²) in [5, 5.41) is 0. The first-order chi connectivity index (χ1) is 10.4. The van der Waals surface area contributed by atoms with Crippen LogP contribution in [0, 0.1) is 5.92 Å². The molecule has 0 N–H and O–H groups in total. The van der Waals surface area contributed by atoms with Gasteiger partial charge in [0.1, 0.15) is 0 Å². The topological polar surface area (TPSA) is 0 Å². The van der Waals surface area contributed by atoms with Crippen molar-refractivity contribution in [2.45, 2.75) is 89.9 Å². The van der Waals surface area contributed by atoms with E-state index in [0.29, 0.717) is 0 Å². The molecule has 0 aromatic heterocycles. The Bertz CT molecular complexity index is 328. The van der Waals surface area contributed by atoms with Gasteiger partial charge in [-0.3, -0.25) is 0 Å². The third-order valence-electron chi connectivity index (χ3n) is 5.15. The molecule has 1 aliphatic carbocycles. The molecular weight excluding hydrogens is 252 g/mol. The lowest BCUT2D eigenvalue weighted by Crippen LogP contribution is -2.03. The van der Waals surface area contributed by atoms with Gasteiger partial charge in [-0.25, -0.2) is 0 Å². The normalized spacial score (nSPS) is 19.6. The summed E-state index contributed by atoms with van der Waals surface area (Å²) in [6, 6.07) is 11.0. The van der Waals surface area contributed by atoms with Crippen molar-refractivity contribution in [3.8, 4) is 0 Å². The lowest BCUT2D eigenvalue weighted by atomic mass is 9.88. The predicted octanol–water partition coefficient (Wildman–Crippen LogP) is 6.93. The highest BCUT2D eigenvalue weighted by Crippen LogP contribution is 2.25. The Morgan fingerprint density at radius 3 is 1.76 bits per heavy atom. The van der Waals surface area contributed by atoms with Gasteiger partial charge < -0.3 is 0 Å². The Hall–Kier alpha value is -0.780. The molecule has 1 aliphatic rings. The fraction of sp³-hybridized carbons (Fsp3) is 0.714. The zero-order chi connectivity index (χ0) is 14.6. The van der Waals surface area contributed by atoms with E-state index in [9.17, 15) is 0 Å². The highest BCUT2D eigenvalue weighted by atomic mass is 14.2. The van der Waals surface area contributed by atoms with Crippen molar-refractivity contribution in [2.75, 3.05) is 0 Å². The second-order valence-corrected chi connectivity index (χ2v) is 7.00. The summed E-state index contributed by atoms with van der Waals surface area (Å²) in [5.74, 6) is 1.01. The second-order valence-electron chi connectivity index (χ2n) is 7.00. The minimum atomic E-state index is 1.01. The first-order valence-corrected chi connectivity index (χ1v) is 9.49. The zero-order valence-electron chi connectivity index (χ0n) is 13.9. The molecule has 0 radical (unpaired) electrons. The SMILES string of the molecule is c1ccc(CCCC2CCCCCCCCCCC2)cc1. The molecular formula is C21H34. The van der Waals surface area contributed by atoms with Crippen LogP contribution in [0.5, 0.6) is 0 Å². The van der Waals surface area contributed by atoms with E-state index in [-0.39, 0.29) is 0 Å². The van der Waals surface area contributed by atoms with Gasteiger partial charge in [-0.05, 0) is 24.3 Å². The number of aryl methyl sites for hydroxylation is 1. The average Bonchev–Trinajstić information content (AvgIpc) is 2.51. The third kappa shape index (κ3) is 7.69. The van der Waals surface area contributed by atoms with E-state index in [0.717, 1.165) is 5.92 Å². The van der Waals surface area contributed by atoms with E-state index in [2.05, 4.69) is 30.3 Å². The molecule has 118 valence electrons. The Balaban J connectivity index is 1.67. The van der Waals surface area contributed by atoms with E-state index in [1.54, 1.807) is 0 Å². The van der Waals surface area contributed by atoms with Crippen LogP contribution in [0.2, 0.25) is 0 Å². The van der Waals surface area contributed by atoms with Crippen LogP contribution >= 0.6 is 0 Å². The molecule has 0 saturated heterocycles. The molecule has 0 bridgehead atoms. The molecule has 0 unspecified atom stereocenters. The summed E-state index contributed by atoms with van der Waals surface area (Å²) in [5.41, 5.74) is 1.52. The Kier molecular flexibility index (Phi) is 8.59. The molecule has 0 atom stereocenters. The van der Waals surface area contributed by atoms with Crippen molar-refractivity contribution >= 4 is 0 Å². The summed E-state index contributed by atoms with van der Waals surface area (Å²) in [7, 11) is 0. The van der Waals surface area contributed by atoms with Crippen molar-refractivity contribution < 1.29 is 0 Å². The maximum atomic E-state index is 2.28. The highest BCUT2D eigenvalue weighted by Gasteiger charge is 2.09. The average molecular weight is 287 g/mol. The molecule has 1 aromatic rings. The Morgan fingerprint density at radius 2 is 1.19 bits per heavy atom. The summed E-state index contributed by atoms with van der Waals surface area (Å²) < 4.78 is 0. The van der Waals surface area contributed by atoms with Gasteiger partial charge in [-0.15, -0.1) is 0 Å². The maximum Gasteiger partial charge on any atom is -0.0279 e. The molecule has 0 aliphatic heterocycles. The van der Waals surface area contributed by atoms with E-state index in [1.807, 2.05) is 0 Å². The van der Waals surface area contributed by atoms with Crippen molar-refractivity contribution in [3.63, 3.8) is 0 Å². The molecule has 0 amide bonds. The van der Waals surface area contributed by atoms with E-state index >= 15 is 0 Å². The number of rotatable bonds is 4. The summed E-state index contributed by atoms with van der Waals surface area (Å²) in [6.45, 7) is 0. The van der Waals surface area contributed by atoms with Crippen molar-refractivity contribution in [2.24, 2.45) is 5.92 Å². The van der Waals surface area contributed by atoms with Gasteiger partial charge in [0.15, 0.2) is 0 Å². The first kappa shape index (κ1) is 16.6. The smallest absolute Gasteiger partial charge is 0.0279 e. The van der Waals surface area contributed by atoms with Crippen LogP contribution in [0.3, 0.4) is 0 Å². The minimum Gasteiger partial charge on any atom is -0.0622 e. The second kappa shape index (κ2) is 10.9. The van der Waals surface area contributed by atoms with Crippen molar-refractivity contribution in [3.05, 3.63) is 35.9 Å². The molecule has 2 rings (SSSR count). The van der Waals surface area contributed by atoms with Gasteiger partial charge in [0.05, 0.1) is 0 Å². The van der Waals surface area contributed by atoms with Crippen LogP contribution in [0.4, 0.5) is 0 Å². The molecule has 1 aromatic carbocycles. The number of benzene rings is 1. The molecule has 1 saturated carbocycles. The van der Waals surface area contributed by atoms with Crippen LogP contribution in [-0.4, -0.2) is 0 Å².